The quantitative estimate of drug-likeness (QED) is 0.771. The maximum Gasteiger partial charge on any atom is 0.128 e. The molecular weight excluding hydrogens is 251 g/mol. The molecule has 1 rings (SSSR count). The standard InChI is InChI=1S/C17H27FN2/c1-6-9-16(20(4)5)17(19,12-13(2)3)14-10-7-8-11-15(14)18/h7-8,10-11,16H,2,6,9,12,19H2,1,3-5H3. The van der Waals surface area contributed by atoms with E-state index in [0.717, 1.165) is 18.4 Å². The Morgan fingerprint density at radius 1 is 1.40 bits per heavy atom. The average molecular weight is 278 g/mol. The third kappa shape index (κ3) is 3.68. The van der Waals surface area contributed by atoms with Crippen LogP contribution in [0.5, 0.6) is 0 Å². The second kappa shape index (κ2) is 7.00. The van der Waals surface area contributed by atoms with Crippen LogP contribution in [0.4, 0.5) is 4.39 Å². The van der Waals surface area contributed by atoms with Crippen LogP contribution in [0.2, 0.25) is 0 Å². The number of halogens is 1. The minimum absolute atomic E-state index is 0.0705. The predicted octanol–water partition coefficient (Wildman–Crippen LogP) is 3.68. The lowest BCUT2D eigenvalue weighted by molar-refractivity contribution is 0.159. The first-order chi connectivity index (χ1) is 9.32. The van der Waals surface area contributed by atoms with Gasteiger partial charge in [0, 0.05) is 11.6 Å². The fourth-order valence-electron chi connectivity index (χ4n) is 2.98. The highest BCUT2D eigenvalue weighted by molar-refractivity contribution is 5.30. The van der Waals surface area contributed by atoms with Crippen molar-refractivity contribution in [1.82, 2.24) is 4.90 Å². The third-order valence-electron chi connectivity index (χ3n) is 3.75. The summed E-state index contributed by atoms with van der Waals surface area (Å²) < 4.78 is 14.3. The van der Waals surface area contributed by atoms with Crippen LogP contribution in [0.15, 0.2) is 36.4 Å². The second-order valence-electron chi connectivity index (χ2n) is 5.92. The normalized spacial score (nSPS) is 15.9. The Morgan fingerprint density at radius 3 is 2.45 bits per heavy atom. The fourth-order valence-corrected chi connectivity index (χ4v) is 2.98. The molecule has 1 aromatic rings. The molecule has 2 atom stereocenters. The van der Waals surface area contributed by atoms with Gasteiger partial charge in [-0.2, -0.15) is 0 Å². The molecule has 0 aromatic heterocycles. The summed E-state index contributed by atoms with van der Waals surface area (Å²) in [6, 6.07) is 6.89. The van der Waals surface area contributed by atoms with Gasteiger partial charge < -0.3 is 10.6 Å². The summed E-state index contributed by atoms with van der Waals surface area (Å²) in [6.45, 7) is 8.05. The lowest BCUT2D eigenvalue weighted by atomic mass is 9.76. The van der Waals surface area contributed by atoms with Gasteiger partial charge in [-0.05, 0) is 39.9 Å². The van der Waals surface area contributed by atoms with Crippen LogP contribution >= 0.6 is 0 Å². The number of likely N-dealkylation sites (N-methyl/N-ethyl adjacent to an activating group) is 1. The number of benzene rings is 1. The van der Waals surface area contributed by atoms with Crippen molar-refractivity contribution in [2.24, 2.45) is 5.73 Å². The Labute approximate surface area is 122 Å². The Morgan fingerprint density at radius 2 is 2.00 bits per heavy atom. The number of nitrogens with two attached hydrogens (primary N) is 1. The van der Waals surface area contributed by atoms with Crippen molar-refractivity contribution in [1.29, 1.82) is 0 Å². The van der Waals surface area contributed by atoms with Gasteiger partial charge in [0.1, 0.15) is 5.82 Å². The Hall–Kier alpha value is -1.19. The SMILES string of the molecule is C=C(C)CC(N)(c1ccccc1F)C(CCC)N(C)C. The molecule has 2 unspecified atom stereocenters. The molecule has 0 spiro atoms. The number of hydrogen-bond acceptors (Lipinski definition) is 2. The van der Waals surface area contributed by atoms with Crippen LogP contribution < -0.4 is 5.73 Å². The lowest BCUT2D eigenvalue weighted by Crippen LogP contribution is -2.54. The van der Waals surface area contributed by atoms with Crippen LogP contribution in [0.25, 0.3) is 0 Å². The van der Waals surface area contributed by atoms with Crippen molar-refractivity contribution in [3.05, 3.63) is 47.8 Å². The van der Waals surface area contributed by atoms with Crippen LogP contribution in [0.1, 0.15) is 38.7 Å². The van der Waals surface area contributed by atoms with Gasteiger partial charge in [0.05, 0.1) is 5.54 Å². The van der Waals surface area contributed by atoms with Gasteiger partial charge in [-0.15, -0.1) is 6.58 Å². The van der Waals surface area contributed by atoms with Crippen LogP contribution in [0, 0.1) is 5.82 Å². The molecule has 2 nitrogen and oxygen atoms in total. The van der Waals surface area contributed by atoms with Crippen molar-refractivity contribution in [3.63, 3.8) is 0 Å². The Bertz CT molecular complexity index is 456. The van der Waals surface area contributed by atoms with Gasteiger partial charge in [0.15, 0.2) is 0 Å². The molecule has 0 bridgehead atoms. The topological polar surface area (TPSA) is 29.3 Å². The largest absolute Gasteiger partial charge is 0.320 e. The molecule has 3 heteroatoms. The number of hydrogen-bond donors (Lipinski definition) is 1. The van der Waals surface area contributed by atoms with Gasteiger partial charge in [0.2, 0.25) is 0 Å². The summed E-state index contributed by atoms with van der Waals surface area (Å²) in [6.07, 6.45) is 2.51. The molecule has 0 fully saturated rings. The molecule has 0 heterocycles. The van der Waals surface area contributed by atoms with E-state index in [-0.39, 0.29) is 11.9 Å². The molecule has 112 valence electrons. The zero-order valence-corrected chi connectivity index (χ0v) is 13.1. The van der Waals surface area contributed by atoms with Crippen molar-refractivity contribution in [2.45, 2.75) is 44.7 Å². The van der Waals surface area contributed by atoms with Gasteiger partial charge in [-0.3, -0.25) is 0 Å². The van der Waals surface area contributed by atoms with E-state index in [2.05, 4.69) is 18.4 Å². The van der Waals surface area contributed by atoms with Crippen molar-refractivity contribution >= 4 is 0 Å². The summed E-state index contributed by atoms with van der Waals surface area (Å²) in [5.74, 6) is -0.237. The van der Waals surface area contributed by atoms with E-state index in [1.807, 2.05) is 27.1 Å². The van der Waals surface area contributed by atoms with E-state index in [1.165, 1.54) is 6.07 Å². The van der Waals surface area contributed by atoms with E-state index < -0.39 is 5.54 Å². The minimum atomic E-state index is -0.753. The minimum Gasteiger partial charge on any atom is -0.320 e. The molecule has 0 aliphatic carbocycles. The molecule has 0 radical (unpaired) electrons. The molecule has 0 amide bonds. The highest BCUT2D eigenvalue weighted by atomic mass is 19.1. The molecular formula is C17H27FN2. The van der Waals surface area contributed by atoms with Gasteiger partial charge in [0.25, 0.3) is 0 Å². The first-order valence-electron chi connectivity index (χ1n) is 7.17. The van der Waals surface area contributed by atoms with Crippen molar-refractivity contribution in [2.75, 3.05) is 14.1 Å². The van der Waals surface area contributed by atoms with Crippen LogP contribution in [-0.4, -0.2) is 25.0 Å². The Balaban J connectivity index is 3.34. The highest BCUT2D eigenvalue weighted by Gasteiger charge is 2.39. The predicted molar refractivity (Wildman–Crippen MR) is 84.1 cm³/mol. The highest BCUT2D eigenvalue weighted by Crippen LogP contribution is 2.34. The maximum absolute atomic E-state index is 14.3. The molecule has 0 saturated carbocycles. The number of nitrogens with zero attached hydrogens (tertiary/aromatic N) is 1. The zero-order valence-electron chi connectivity index (χ0n) is 13.1. The molecule has 0 aliphatic heterocycles. The number of rotatable bonds is 7. The zero-order chi connectivity index (χ0) is 15.3. The van der Waals surface area contributed by atoms with Gasteiger partial charge in [-0.25, -0.2) is 4.39 Å². The summed E-state index contributed by atoms with van der Waals surface area (Å²) in [7, 11) is 4.00. The van der Waals surface area contributed by atoms with Gasteiger partial charge in [-0.1, -0.05) is 37.1 Å². The summed E-state index contributed by atoms with van der Waals surface area (Å²) in [5.41, 5.74) is 7.51. The molecule has 1 aromatic carbocycles. The van der Waals surface area contributed by atoms with E-state index in [0.29, 0.717) is 12.0 Å². The van der Waals surface area contributed by atoms with Crippen LogP contribution in [-0.2, 0) is 5.54 Å². The van der Waals surface area contributed by atoms with Crippen LogP contribution in [0.3, 0.4) is 0 Å². The molecule has 0 aliphatic rings. The summed E-state index contributed by atoms with van der Waals surface area (Å²) >= 11 is 0. The first-order valence-corrected chi connectivity index (χ1v) is 7.17. The molecule has 2 N–H and O–H groups in total. The van der Waals surface area contributed by atoms with E-state index in [4.69, 9.17) is 5.73 Å². The second-order valence-corrected chi connectivity index (χ2v) is 5.92. The third-order valence-corrected chi connectivity index (χ3v) is 3.75. The molecule has 20 heavy (non-hydrogen) atoms. The first kappa shape index (κ1) is 16.9. The molecule has 0 saturated heterocycles. The van der Waals surface area contributed by atoms with E-state index in [1.54, 1.807) is 12.1 Å². The van der Waals surface area contributed by atoms with Crippen molar-refractivity contribution < 1.29 is 4.39 Å². The van der Waals surface area contributed by atoms with Gasteiger partial charge >= 0.3 is 0 Å². The maximum atomic E-state index is 14.3. The smallest absolute Gasteiger partial charge is 0.128 e. The lowest BCUT2D eigenvalue weighted by Gasteiger charge is -2.42. The Kier molecular flexibility index (Phi) is 5.90. The van der Waals surface area contributed by atoms with E-state index >= 15 is 0 Å². The van der Waals surface area contributed by atoms with Crippen molar-refractivity contribution in [3.8, 4) is 0 Å². The fraction of sp³-hybridized carbons (Fsp3) is 0.529. The summed E-state index contributed by atoms with van der Waals surface area (Å²) in [4.78, 5) is 2.10. The van der Waals surface area contributed by atoms with E-state index in [9.17, 15) is 4.39 Å². The average Bonchev–Trinajstić information content (AvgIpc) is 2.34. The monoisotopic (exact) mass is 278 g/mol. The summed E-state index contributed by atoms with van der Waals surface area (Å²) in [5, 5.41) is 0.